The van der Waals surface area contributed by atoms with E-state index in [2.05, 4.69) is 4.98 Å². The van der Waals surface area contributed by atoms with Crippen LogP contribution in [0.4, 0.5) is 0 Å². The van der Waals surface area contributed by atoms with Gasteiger partial charge >= 0.3 is 5.97 Å². The molecule has 1 aromatic carbocycles. The average Bonchev–Trinajstić information content (AvgIpc) is 2.26. The molecule has 0 saturated heterocycles. The van der Waals surface area contributed by atoms with Gasteiger partial charge in [-0.1, -0.05) is 0 Å². The van der Waals surface area contributed by atoms with E-state index in [1.54, 1.807) is 24.5 Å². The lowest BCUT2D eigenvalue weighted by Crippen LogP contribution is -2.09. The van der Waals surface area contributed by atoms with Crippen molar-refractivity contribution in [2.24, 2.45) is 0 Å². The van der Waals surface area contributed by atoms with Gasteiger partial charge in [0.25, 0.3) is 0 Å². The number of ether oxygens (including phenoxy) is 1. The second-order valence-electron chi connectivity index (χ2n) is 3.07. The number of aromatic nitrogens is 1. The predicted molar refractivity (Wildman–Crippen MR) is 54.9 cm³/mol. The summed E-state index contributed by atoms with van der Waals surface area (Å²) in [6.45, 7) is -0.323. The van der Waals surface area contributed by atoms with Crippen molar-refractivity contribution in [1.29, 1.82) is 0 Å². The fourth-order valence-corrected chi connectivity index (χ4v) is 1.30. The molecule has 1 N–H and O–H groups in total. The molecule has 1 aromatic heterocycles. The molecule has 76 valence electrons. The fraction of sp³-hybridized carbons (Fsp3) is 0.0909. The first-order valence-electron chi connectivity index (χ1n) is 4.44. The summed E-state index contributed by atoms with van der Waals surface area (Å²) < 4.78 is 5.06. The van der Waals surface area contributed by atoms with Gasteiger partial charge in [0, 0.05) is 17.8 Å². The van der Waals surface area contributed by atoms with Crippen molar-refractivity contribution in [3.63, 3.8) is 0 Å². The number of carboxylic acids is 1. The Hall–Kier alpha value is -2.10. The maximum absolute atomic E-state index is 10.3. The first kappa shape index (κ1) is 9.45. The van der Waals surface area contributed by atoms with E-state index in [1.165, 1.54) is 0 Å². The van der Waals surface area contributed by atoms with Crippen LogP contribution in [0.2, 0.25) is 0 Å². The van der Waals surface area contributed by atoms with E-state index >= 15 is 0 Å². The summed E-state index contributed by atoms with van der Waals surface area (Å²) in [6, 6.07) is 7.22. The Morgan fingerprint density at radius 3 is 3.00 bits per heavy atom. The highest BCUT2D eigenvalue weighted by Crippen LogP contribution is 2.19. The van der Waals surface area contributed by atoms with Crippen LogP contribution < -0.4 is 4.74 Å². The zero-order chi connectivity index (χ0) is 10.7. The van der Waals surface area contributed by atoms with Crippen LogP contribution in [0.25, 0.3) is 10.8 Å². The van der Waals surface area contributed by atoms with Crippen molar-refractivity contribution in [2.75, 3.05) is 6.61 Å². The topological polar surface area (TPSA) is 59.4 Å². The maximum Gasteiger partial charge on any atom is 0.341 e. The summed E-state index contributed by atoms with van der Waals surface area (Å²) in [4.78, 5) is 14.3. The monoisotopic (exact) mass is 203 g/mol. The molecule has 0 aliphatic rings. The van der Waals surface area contributed by atoms with Crippen molar-refractivity contribution in [3.8, 4) is 5.75 Å². The van der Waals surface area contributed by atoms with Gasteiger partial charge in [-0.2, -0.15) is 0 Å². The summed E-state index contributed by atoms with van der Waals surface area (Å²) in [7, 11) is 0. The molecule has 0 unspecified atom stereocenters. The number of benzene rings is 1. The minimum Gasteiger partial charge on any atom is -0.482 e. The number of pyridine rings is 1. The van der Waals surface area contributed by atoms with Gasteiger partial charge in [-0.25, -0.2) is 4.79 Å². The SMILES string of the molecule is O=C(O)COc1ccc2cnccc2c1. The van der Waals surface area contributed by atoms with E-state index in [4.69, 9.17) is 9.84 Å². The zero-order valence-corrected chi connectivity index (χ0v) is 7.88. The number of carbonyl (C=O) groups is 1. The average molecular weight is 203 g/mol. The molecule has 2 aromatic rings. The van der Waals surface area contributed by atoms with Crippen molar-refractivity contribution >= 4 is 16.7 Å². The van der Waals surface area contributed by atoms with Gasteiger partial charge in [0.2, 0.25) is 0 Å². The Morgan fingerprint density at radius 1 is 1.33 bits per heavy atom. The summed E-state index contributed by atoms with van der Waals surface area (Å²) in [5, 5.41) is 10.4. The first-order valence-corrected chi connectivity index (χ1v) is 4.44. The van der Waals surface area contributed by atoms with Crippen LogP contribution in [-0.2, 0) is 4.79 Å². The molecular weight excluding hydrogens is 194 g/mol. The molecule has 0 spiro atoms. The highest BCUT2D eigenvalue weighted by Gasteiger charge is 2.00. The van der Waals surface area contributed by atoms with Gasteiger partial charge in [0.1, 0.15) is 5.75 Å². The number of hydrogen-bond acceptors (Lipinski definition) is 3. The van der Waals surface area contributed by atoms with Gasteiger partial charge in [-0.15, -0.1) is 0 Å². The summed E-state index contributed by atoms with van der Waals surface area (Å²) in [5.41, 5.74) is 0. The fourth-order valence-electron chi connectivity index (χ4n) is 1.30. The lowest BCUT2D eigenvalue weighted by Gasteiger charge is -2.03. The molecule has 0 atom stereocenters. The Labute approximate surface area is 86.1 Å². The molecule has 15 heavy (non-hydrogen) atoms. The second kappa shape index (κ2) is 3.96. The van der Waals surface area contributed by atoms with Crippen molar-refractivity contribution in [3.05, 3.63) is 36.7 Å². The summed E-state index contributed by atoms with van der Waals surface area (Å²) in [5.74, 6) is -0.430. The molecule has 0 fully saturated rings. The van der Waals surface area contributed by atoms with Crippen LogP contribution in [0.1, 0.15) is 0 Å². The molecule has 0 bridgehead atoms. The quantitative estimate of drug-likeness (QED) is 0.824. The highest BCUT2D eigenvalue weighted by atomic mass is 16.5. The van der Waals surface area contributed by atoms with Gasteiger partial charge in [-0.05, 0) is 29.7 Å². The molecule has 0 radical (unpaired) electrons. The third-order valence-corrected chi connectivity index (χ3v) is 1.97. The molecule has 0 aliphatic carbocycles. The van der Waals surface area contributed by atoms with Crippen LogP contribution in [0.3, 0.4) is 0 Å². The second-order valence-corrected chi connectivity index (χ2v) is 3.07. The summed E-state index contributed by atoms with van der Waals surface area (Å²) in [6.07, 6.45) is 3.43. The minimum atomic E-state index is -0.982. The standard InChI is InChI=1S/C11H9NO3/c13-11(14)7-15-10-2-1-9-6-12-4-3-8(9)5-10/h1-6H,7H2,(H,13,14). The van der Waals surface area contributed by atoms with Crippen LogP contribution in [0, 0.1) is 0 Å². The van der Waals surface area contributed by atoms with Gasteiger partial charge in [-0.3, -0.25) is 4.98 Å². The molecule has 4 heteroatoms. The summed E-state index contributed by atoms with van der Waals surface area (Å²) >= 11 is 0. The van der Waals surface area contributed by atoms with E-state index in [-0.39, 0.29) is 6.61 Å². The smallest absolute Gasteiger partial charge is 0.341 e. The van der Waals surface area contributed by atoms with Crippen LogP contribution in [-0.4, -0.2) is 22.7 Å². The minimum absolute atomic E-state index is 0.323. The number of rotatable bonds is 3. The van der Waals surface area contributed by atoms with Crippen LogP contribution in [0.5, 0.6) is 5.75 Å². The number of carboxylic acid groups (broad SMARTS) is 1. The van der Waals surface area contributed by atoms with Crippen molar-refractivity contribution in [2.45, 2.75) is 0 Å². The Balaban J connectivity index is 2.26. The van der Waals surface area contributed by atoms with Gasteiger partial charge in [0.05, 0.1) is 0 Å². The number of nitrogens with zero attached hydrogens (tertiary/aromatic N) is 1. The molecule has 0 saturated carbocycles. The number of hydrogen-bond donors (Lipinski definition) is 1. The van der Waals surface area contributed by atoms with Crippen LogP contribution in [0.15, 0.2) is 36.7 Å². The third kappa shape index (κ3) is 2.22. The zero-order valence-electron chi connectivity index (χ0n) is 7.88. The maximum atomic E-state index is 10.3. The van der Waals surface area contributed by atoms with Crippen molar-refractivity contribution < 1.29 is 14.6 Å². The third-order valence-electron chi connectivity index (χ3n) is 1.97. The van der Waals surface area contributed by atoms with Crippen LogP contribution >= 0.6 is 0 Å². The molecule has 4 nitrogen and oxygen atoms in total. The van der Waals surface area contributed by atoms with E-state index < -0.39 is 5.97 Å². The lowest BCUT2D eigenvalue weighted by molar-refractivity contribution is -0.139. The Kier molecular flexibility index (Phi) is 2.49. The molecule has 0 aliphatic heterocycles. The molecular formula is C11H9NO3. The van der Waals surface area contributed by atoms with E-state index in [0.717, 1.165) is 10.8 Å². The molecule has 0 amide bonds. The van der Waals surface area contributed by atoms with Gasteiger partial charge < -0.3 is 9.84 Å². The van der Waals surface area contributed by atoms with Crippen molar-refractivity contribution in [1.82, 2.24) is 4.98 Å². The highest BCUT2D eigenvalue weighted by molar-refractivity contribution is 5.82. The molecule has 1 heterocycles. The first-order chi connectivity index (χ1) is 7.25. The van der Waals surface area contributed by atoms with E-state index in [0.29, 0.717) is 5.75 Å². The number of aliphatic carboxylic acids is 1. The number of fused-ring (bicyclic) bond motifs is 1. The largest absolute Gasteiger partial charge is 0.482 e. The molecule has 2 rings (SSSR count). The van der Waals surface area contributed by atoms with Gasteiger partial charge in [0.15, 0.2) is 6.61 Å². The van der Waals surface area contributed by atoms with E-state index in [9.17, 15) is 4.79 Å². The Morgan fingerprint density at radius 2 is 2.20 bits per heavy atom. The normalized spacial score (nSPS) is 10.1. The Bertz CT molecular complexity index is 496. The predicted octanol–water partition coefficient (Wildman–Crippen LogP) is 1.70. The lowest BCUT2D eigenvalue weighted by atomic mass is 10.2. The van der Waals surface area contributed by atoms with E-state index in [1.807, 2.05) is 12.1 Å².